The van der Waals surface area contributed by atoms with Gasteiger partial charge in [0, 0.05) is 17.1 Å². The number of fused-ring (bicyclic) bond motifs is 2. The highest BCUT2D eigenvalue weighted by Crippen LogP contribution is 2.34. The van der Waals surface area contributed by atoms with Crippen molar-refractivity contribution in [3.05, 3.63) is 12.2 Å². The quantitative estimate of drug-likeness (QED) is 0.395. The van der Waals surface area contributed by atoms with Crippen molar-refractivity contribution < 1.29 is 29.0 Å². The molecule has 26 heavy (non-hydrogen) atoms. The topological polar surface area (TPSA) is 105 Å². The number of hydrogen-bond acceptors (Lipinski definition) is 7. The van der Waals surface area contributed by atoms with E-state index in [1.54, 1.807) is 6.08 Å². The number of ether oxygens (including phenoxy) is 1. The van der Waals surface area contributed by atoms with Crippen molar-refractivity contribution in [3.63, 3.8) is 0 Å². The lowest BCUT2D eigenvalue weighted by Crippen LogP contribution is -2.64. The van der Waals surface area contributed by atoms with Crippen LogP contribution in [-0.4, -0.2) is 72.4 Å². The van der Waals surface area contributed by atoms with E-state index in [0.717, 1.165) is 11.8 Å². The summed E-state index contributed by atoms with van der Waals surface area (Å²) in [5, 5.41) is 30.9. The molecule has 0 radical (unpaired) electrons. The highest BCUT2D eigenvalue weighted by molar-refractivity contribution is 7.99. The van der Waals surface area contributed by atoms with Gasteiger partial charge in [-0.25, -0.2) is 4.39 Å². The fraction of sp³-hybridized carbons (Fsp3) is 0.882. The van der Waals surface area contributed by atoms with E-state index < -0.39 is 58.2 Å². The lowest BCUT2D eigenvalue weighted by atomic mass is 9.88. The van der Waals surface area contributed by atoms with Gasteiger partial charge in [0.25, 0.3) is 0 Å². The minimum atomic E-state index is -1.43. The Morgan fingerprint density at radius 3 is 2.50 bits per heavy atom. The Labute approximate surface area is 161 Å². The summed E-state index contributed by atoms with van der Waals surface area (Å²) in [6.07, 6.45) is -2.32. The van der Waals surface area contributed by atoms with Crippen LogP contribution >= 0.6 is 11.8 Å². The van der Waals surface area contributed by atoms with Gasteiger partial charge in [0.15, 0.2) is 0 Å². The maximum Gasteiger partial charge on any atom is 0.136 e. The van der Waals surface area contributed by atoms with E-state index in [2.05, 4.69) is 4.72 Å². The highest BCUT2D eigenvalue weighted by atomic mass is 32.2. The van der Waals surface area contributed by atoms with E-state index in [1.165, 1.54) is 0 Å². The lowest BCUT2D eigenvalue weighted by molar-refractivity contribution is -0.205. The standard InChI is InChI=1S/C17H30FNO5S2/c1-9-6-5-7-10(18)8-25-16-14(22)12(20)13(21)15(24-16)11(9)19-26(23)17(2,3)4/h5-6,9-16,19-22H,7-8H2,1-4H3/b6-5-/t9-,10?,11-,12?,13?,14-,15-,16?,26-/m1/s1. The molecule has 0 aromatic rings. The van der Waals surface area contributed by atoms with Gasteiger partial charge in [-0.2, -0.15) is 0 Å². The first-order valence-corrected chi connectivity index (χ1v) is 11.0. The number of halogens is 1. The Hall–Kier alpha value is 0.130. The summed E-state index contributed by atoms with van der Waals surface area (Å²) in [6.45, 7) is 7.33. The molecule has 2 rings (SSSR count). The number of allylic oxidation sites excluding steroid dienone is 1. The largest absolute Gasteiger partial charge is 0.598 e. The molecule has 9 atom stereocenters. The van der Waals surface area contributed by atoms with Gasteiger partial charge in [-0.1, -0.05) is 19.1 Å². The predicted molar refractivity (Wildman–Crippen MR) is 102 cm³/mol. The summed E-state index contributed by atoms with van der Waals surface area (Å²) in [5.41, 5.74) is -0.866. The molecule has 0 spiro atoms. The lowest BCUT2D eigenvalue weighted by Gasteiger charge is -2.44. The molecule has 0 amide bonds. The average molecular weight is 412 g/mol. The third-order valence-corrected chi connectivity index (χ3v) is 7.47. The van der Waals surface area contributed by atoms with Crippen molar-refractivity contribution in [2.75, 3.05) is 5.75 Å². The first kappa shape index (κ1) is 22.4. The van der Waals surface area contributed by atoms with Crippen LogP contribution in [0.3, 0.4) is 0 Å². The number of hydrogen-bond donors (Lipinski definition) is 4. The molecule has 2 aliphatic rings. The molecule has 0 aromatic carbocycles. The van der Waals surface area contributed by atoms with Crippen molar-refractivity contribution >= 4 is 23.1 Å². The van der Waals surface area contributed by atoms with Crippen LogP contribution in [0.25, 0.3) is 0 Å². The van der Waals surface area contributed by atoms with E-state index in [1.807, 2.05) is 33.8 Å². The fourth-order valence-electron chi connectivity index (χ4n) is 2.91. The van der Waals surface area contributed by atoms with Gasteiger partial charge in [-0.05, 0) is 33.1 Å². The molecule has 4 unspecified atom stereocenters. The van der Waals surface area contributed by atoms with Crippen molar-refractivity contribution in [2.45, 2.75) is 80.9 Å². The van der Waals surface area contributed by atoms with E-state index in [0.29, 0.717) is 0 Å². The predicted octanol–water partition coefficient (Wildman–Crippen LogP) is 0.882. The van der Waals surface area contributed by atoms with Gasteiger partial charge in [0.2, 0.25) is 0 Å². The normalized spacial score (nSPS) is 44.8. The molecule has 1 saturated heterocycles. The van der Waals surface area contributed by atoms with Crippen molar-refractivity contribution in [1.82, 2.24) is 4.72 Å². The summed E-state index contributed by atoms with van der Waals surface area (Å²) in [5.74, 6) is -0.124. The molecule has 2 heterocycles. The third-order valence-electron chi connectivity index (χ3n) is 4.60. The van der Waals surface area contributed by atoms with Crippen LogP contribution in [-0.2, 0) is 16.1 Å². The number of alkyl halides is 1. The van der Waals surface area contributed by atoms with Crippen LogP contribution in [0.4, 0.5) is 4.39 Å². The molecular formula is C17H30FNO5S2. The number of aliphatic hydroxyl groups is 3. The minimum Gasteiger partial charge on any atom is -0.598 e. The van der Waals surface area contributed by atoms with E-state index >= 15 is 0 Å². The molecule has 2 bridgehead atoms. The molecule has 4 N–H and O–H groups in total. The van der Waals surface area contributed by atoms with Gasteiger partial charge < -0.3 is 24.6 Å². The first-order chi connectivity index (χ1) is 12.0. The molecule has 9 heteroatoms. The maximum atomic E-state index is 14.0. The van der Waals surface area contributed by atoms with Crippen molar-refractivity contribution in [2.24, 2.45) is 5.92 Å². The van der Waals surface area contributed by atoms with Crippen LogP contribution in [0.15, 0.2) is 12.2 Å². The van der Waals surface area contributed by atoms with Gasteiger partial charge in [-0.3, -0.25) is 0 Å². The Morgan fingerprint density at radius 2 is 1.88 bits per heavy atom. The molecule has 0 aliphatic carbocycles. The van der Waals surface area contributed by atoms with Crippen LogP contribution in [0.2, 0.25) is 0 Å². The summed E-state index contributed by atoms with van der Waals surface area (Å²) in [7, 11) is 0. The zero-order chi connectivity index (χ0) is 19.6. The first-order valence-electron chi connectivity index (χ1n) is 8.82. The minimum absolute atomic E-state index is 0.113. The second kappa shape index (κ2) is 9.09. The number of rotatable bonds is 2. The highest BCUT2D eigenvalue weighted by Gasteiger charge is 2.49. The molecule has 0 aromatic heterocycles. The fourth-order valence-corrected chi connectivity index (χ4v) is 4.96. The van der Waals surface area contributed by atoms with Crippen LogP contribution in [0.1, 0.15) is 34.1 Å². The zero-order valence-corrected chi connectivity index (χ0v) is 17.2. The molecule has 152 valence electrons. The second-order valence-electron chi connectivity index (χ2n) is 7.92. The zero-order valence-electron chi connectivity index (χ0n) is 15.5. The summed E-state index contributed by atoms with van der Waals surface area (Å²) in [6, 6.07) is -0.581. The SMILES string of the molecule is C[C@@H]1/C=C\CC(F)CSC2O[C@@H](C(O)C(O)[C@H]2O)[C@@H]1N[S@+]([O-])C(C)(C)C. The Morgan fingerprint density at radius 1 is 1.23 bits per heavy atom. The number of thioether (sulfide) groups is 1. The Kier molecular flexibility index (Phi) is 7.83. The van der Waals surface area contributed by atoms with Gasteiger partial charge in [-0.15, -0.1) is 16.5 Å². The second-order valence-corrected chi connectivity index (χ2v) is 11.0. The van der Waals surface area contributed by atoms with Gasteiger partial charge >= 0.3 is 0 Å². The molecule has 6 nitrogen and oxygen atoms in total. The van der Waals surface area contributed by atoms with Crippen LogP contribution in [0, 0.1) is 5.92 Å². The molecule has 2 aliphatic heterocycles. The smallest absolute Gasteiger partial charge is 0.136 e. The monoisotopic (exact) mass is 411 g/mol. The summed E-state index contributed by atoms with van der Waals surface area (Å²) in [4.78, 5) is 0. The number of nitrogens with one attached hydrogen (secondary N) is 1. The van der Waals surface area contributed by atoms with E-state index in [4.69, 9.17) is 4.74 Å². The molecular weight excluding hydrogens is 381 g/mol. The van der Waals surface area contributed by atoms with Gasteiger partial charge in [0.05, 0.1) is 6.04 Å². The Balaban J connectivity index is 2.33. The van der Waals surface area contributed by atoms with Gasteiger partial charge in [0.1, 0.15) is 40.8 Å². The summed E-state index contributed by atoms with van der Waals surface area (Å²) >= 11 is -0.357. The Bertz CT molecular complexity index is 492. The van der Waals surface area contributed by atoms with Crippen LogP contribution < -0.4 is 4.72 Å². The van der Waals surface area contributed by atoms with E-state index in [-0.39, 0.29) is 18.1 Å². The van der Waals surface area contributed by atoms with Crippen molar-refractivity contribution in [1.29, 1.82) is 0 Å². The van der Waals surface area contributed by atoms with E-state index in [9.17, 15) is 24.3 Å². The summed E-state index contributed by atoms with van der Waals surface area (Å²) < 4.78 is 35.0. The molecule has 0 saturated carbocycles. The maximum absolute atomic E-state index is 14.0. The van der Waals surface area contributed by atoms with Crippen molar-refractivity contribution in [3.8, 4) is 0 Å². The molecule has 1 fully saturated rings. The third kappa shape index (κ3) is 5.35. The van der Waals surface area contributed by atoms with Crippen LogP contribution in [0.5, 0.6) is 0 Å². The average Bonchev–Trinajstić information content (AvgIpc) is 2.57. The number of aliphatic hydroxyl groups excluding tert-OH is 3.